The Morgan fingerprint density at radius 3 is 3.15 bits per heavy atom. The number of methoxy groups -OCH3 is 1. The number of nitrogens with one attached hydrogen (secondary N) is 1. The van der Waals surface area contributed by atoms with Gasteiger partial charge in [-0.25, -0.2) is 0 Å². The molecule has 0 aliphatic carbocycles. The number of amides is 1. The molecule has 2 aromatic rings. The van der Waals surface area contributed by atoms with Gasteiger partial charge in [0, 0.05) is 25.9 Å². The maximum absolute atomic E-state index is 11.8. The van der Waals surface area contributed by atoms with Gasteiger partial charge in [-0.2, -0.15) is 10.1 Å². The fourth-order valence-corrected chi connectivity index (χ4v) is 1.70. The molecule has 0 aliphatic heterocycles. The van der Waals surface area contributed by atoms with E-state index in [2.05, 4.69) is 20.6 Å². The van der Waals surface area contributed by atoms with E-state index in [1.54, 1.807) is 18.0 Å². The Kier molecular flexibility index (Phi) is 4.83. The third-order valence-corrected chi connectivity index (χ3v) is 2.68. The van der Waals surface area contributed by atoms with Crippen LogP contribution in [0.15, 0.2) is 23.0 Å². The summed E-state index contributed by atoms with van der Waals surface area (Å²) in [7, 11) is 1.55. The Hall–Kier alpha value is -2.22. The minimum atomic E-state index is -0.0977. The molecule has 0 fully saturated rings. The Balaban J connectivity index is 1.77. The minimum absolute atomic E-state index is 0.00302. The molecule has 20 heavy (non-hydrogen) atoms. The number of carbonyl (C=O) groups excluding carboxylic acids is 1. The average molecular weight is 279 g/mol. The summed E-state index contributed by atoms with van der Waals surface area (Å²) < 4.78 is 11.6. The summed E-state index contributed by atoms with van der Waals surface area (Å²) in [5, 5.41) is 10.5. The van der Waals surface area contributed by atoms with Crippen molar-refractivity contribution in [1.82, 2.24) is 25.2 Å². The van der Waals surface area contributed by atoms with Crippen molar-refractivity contribution in [1.29, 1.82) is 0 Å². The van der Waals surface area contributed by atoms with Crippen molar-refractivity contribution in [2.45, 2.75) is 32.5 Å². The summed E-state index contributed by atoms with van der Waals surface area (Å²) in [5.41, 5.74) is 0. The second-order valence-corrected chi connectivity index (χ2v) is 4.35. The van der Waals surface area contributed by atoms with Crippen molar-refractivity contribution in [3.8, 4) is 0 Å². The van der Waals surface area contributed by atoms with E-state index < -0.39 is 0 Å². The van der Waals surface area contributed by atoms with Gasteiger partial charge in [0.05, 0.1) is 12.6 Å². The van der Waals surface area contributed by atoms with Crippen LogP contribution in [0.3, 0.4) is 0 Å². The largest absolute Gasteiger partial charge is 0.377 e. The molecule has 1 amide bonds. The van der Waals surface area contributed by atoms with Gasteiger partial charge in [0.25, 0.3) is 0 Å². The first-order chi connectivity index (χ1) is 9.69. The van der Waals surface area contributed by atoms with Gasteiger partial charge >= 0.3 is 0 Å². The van der Waals surface area contributed by atoms with E-state index in [4.69, 9.17) is 9.26 Å². The highest BCUT2D eigenvalue weighted by Crippen LogP contribution is 2.08. The van der Waals surface area contributed by atoms with Crippen molar-refractivity contribution < 1.29 is 14.1 Å². The molecule has 1 N–H and O–H groups in total. The first-order valence-electron chi connectivity index (χ1n) is 6.25. The second kappa shape index (κ2) is 6.80. The van der Waals surface area contributed by atoms with Gasteiger partial charge in [0.15, 0.2) is 5.82 Å². The minimum Gasteiger partial charge on any atom is -0.377 e. The summed E-state index contributed by atoms with van der Waals surface area (Å²) in [4.78, 5) is 15.9. The van der Waals surface area contributed by atoms with Crippen molar-refractivity contribution in [3.05, 3.63) is 30.2 Å². The molecule has 0 aliphatic rings. The van der Waals surface area contributed by atoms with Crippen LogP contribution in [-0.2, 0) is 22.7 Å². The smallest absolute Gasteiger partial charge is 0.246 e. The molecule has 8 nitrogen and oxygen atoms in total. The SMILES string of the molecule is COCc1noc(CNC(=O)C[C@H](C)n2cccn2)n1. The van der Waals surface area contributed by atoms with Crippen LogP contribution in [0, 0.1) is 0 Å². The van der Waals surface area contributed by atoms with Gasteiger partial charge in [-0.05, 0) is 13.0 Å². The lowest BCUT2D eigenvalue weighted by atomic mass is 10.2. The highest BCUT2D eigenvalue weighted by atomic mass is 16.5. The molecule has 2 heterocycles. The van der Waals surface area contributed by atoms with E-state index in [0.717, 1.165) is 0 Å². The van der Waals surface area contributed by atoms with Crippen LogP contribution in [0.4, 0.5) is 0 Å². The number of nitrogens with zero attached hydrogens (tertiary/aromatic N) is 4. The predicted molar refractivity (Wildman–Crippen MR) is 68.4 cm³/mol. The van der Waals surface area contributed by atoms with E-state index in [1.165, 1.54) is 0 Å². The molecule has 0 radical (unpaired) electrons. The third kappa shape index (κ3) is 3.89. The van der Waals surface area contributed by atoms with Gasteiger partial charge in [0.2, 0.25) is 11.8 Å². The molecule has 1 atom stereocenters. The predicted octanol–water partition coefficient (Wildman–Crippen LogP) is 0.680. The van der Waals surface area contributed by atoms with Gasteiger partial charge in [-0.3, -0.25) is 9.48 Å². The lowest BCUT2D eigenvalue weighted by Gasteiger charge is -2.11. The number of hydrogen-bond acceptors (Lipinski definition) is 6. The summed E-state index contributed by atoms with van der Waals surface area (Å²) in [6.45, 7) is 2.42. The zero-order valence-corrected chi connectivity index (χ0v) is 11.4. The first kappa shape index (κ1) is 14.2. The topological polar surface area (TPSA) is 95.1 Å². The van der Waals surface area contributed by atoms with Gasteiger partial charge in [0.1, 0.15) is 6.61 Å². The highest BCUT2D eigenvalue weighted by molar-refractivity contribution is 5.76. The van der Waals surface area contributed by atoms with Crippen LogP contribution in [0.1, 0.15) is 31.1 Å². The molecule has 0 bridgehead atoms. The van der Waals surface area contributed by atoms with Crippen LogP contribution in [0.2, 0.25) is 0 Å². The zero-order valence-electron chi connectivity index (χ0n) is 11.4. The molecule has 0 aromatic carbocycles. The Morgan fingerprint density at radius 1 is 1.60 bits per heavy atom. The molecule has 0 spiro atoms. The zero-order chi connectivity index (χ0) is 14.4. The van der Waals surface area contributed by atoms with E-state index in [1.807, 2.05) is 19.2 Å². The molecule has 8 heteroatoms. The molecular weight excluding hydrogens is 262 g/mol. The van der Waals surface area contributed by atoms with Crippen LogP contribution >= 0.6 is 0 Å². The summed E-state index contributed by atoms with van der Waals surface area (Å²) in [5.74, 6) is 0.721. The van der Waals surface area contributed by atoms with Gasteiger partial charge in [-0.1, -0.05) is 5.16 Å². The fraction of sp³-hybridized carbons (Fsp3) is 0.500. The summed E-state index contributed by atoms with van der Waals surface area (Å²) >= 11 is 0. The number of aromatic nitrogens is 4. The average Bonchev–Trinajstić information content (AvgIpc) is 3.08. The van der Waals surface area contributed by atoms with E-state index in [-0.39, 0.29) is 25.1 Å². The Morgan fingerprint density at radius 2 is 2.45 bits per heavy atom. The number of carbonyl (C=O) groups is 1. The van der Waals surface area contributed by atoms with Gasteiger partial charge in [-0.15, -0.1) is 0 Å². The van der Waals surface area contributed by atoms with E-state index in [0.29, 0.717) is 18.1 Å². The third-order valence-electron chi connectivity index (χ3n) is 2.68. The quantitative estimate of drug-likeness (QED) is 0.800. The van der Waals surface area contributed by atoms with Gasteiger partial charge < -0.3 is 14.6 Å². The molecule has 0 saturated heterocycles. The summed E-state index contributed by atoms with van der Waals surface area (Å²) in [6.07, 6.45) is 3.85. The molecular formula is C12H17N5O3. The fourth-order valence-electron chi connectivity index (χ4n) is 1.70. The standard InChI is InChI=1S/C12H17N5O3/c1-9(17-5-3-4-14-17)6-11(18)13-7-12-15-10(8-19-2)16-20-12/h3-5,9H,6-8H2,1-2H3,(H,13,18)/t9-/m0/s1. The van der Waals surface area contributed by atoms with Crippen molar-refractivity contribution in [2.75, 3.05) is 7.11 Å². The maximum atomic E-state index is 11.8. The molecule has 0 saturated carbocycles. The number of hydrogen-bond donors (Lipinski definition) is 1. The molecule has 108 valence electrons. The van der Waals surface area contributed by atoms with Crippen LogP contribution < -0.4 is 5.32 Å². The molecule has 0 unspecified atom stereocenters. The number of ether oxygens (including phenoxy) is 1. The first-order valence-corrected chi connectivity index (χ1v) is 6.25. The normalized spacial score (nSPS) is 12.3. The highest BCUT2D eigenvalue weighted by Gasteiger charge is 2.12. The monoisotopic (exact) mass is 279 g/mol. The lowest BCUT2D eigenvalue weighted by molar-refractivity contribution is -0.122. The van der Waals surface area contributed by atoms with E-state index >= 15 is 0 Å². The Bertz CT molecular complexity index is 537. The van der Waals surface area contributed by atoms with Crippen molar-refractivity contribution >= 4 is 5.91 Å². The molecule has 2 aromatic heterocycles. The van der Waals surface area contributed by atoms with Crippen molar-refractivity contribution in [2.24, 2.45) is 0 Å². The second-order valence-electron chi connectivity index (χ2n) is 4.35. The van der Waals surface area contributed by atoms with Crippen molar-refractivity contribution in [3.63, 3.8) is 0 Å². The lowest BCUT2D eigenvalue weighted by Crippen LogP contribution is -2.25. The van der Waals surface area contributed by atoms with Crippen LogP contribution in [-0.4, -0.2) is 32.9 Å². The summed E-state index contributed by atoms with van der Waals surface area (Å²) in [6, 6.07) is 1.82. The number of rotatable bonds is 7. The van der Waals surface area contributed by atoms with Crippen LogP contribution in [0.5, 0.6) is 0 Å². The van der Waals surface area contributed by atoms with E-state index in [9.17, 15) is 4.79 Å². The molecule has 2 rings (SSSR count). The van der Waals surface area contributed by atoms with Crippen LogP contribution in [0.25, 0.3) is 0 Å². The Labute approximate surface area is 116 Å². The maximum Gasteiger partial charge on any atom is 0.246 e.